The number of aromatic nitrogens is 2. The first-order chi connectivity index (χ1) is 15.4. The number of rotatable bonds is 6. The van der Waals surface area contributed by atoms with Gasteiger partial charge in [-0.1, -0.05) is 18.2 Å². The number of carbonyl (C=O) groups excluding carboxylic acids is 1. The van der Waals surface area contributed by atoms with Gasteiger partial charge in [-0.25, -0.2) is 0 Å². The Morgan fingerprint density at radius 1 is 1.16 bits per heavy atom. The summed E-state index contributed by atoms with van der Waals surface area (Å²) in [4.78, 5) is 18.6. The zero-order chi connectivity index (χ0) is 22.8. The van der Waals surface area contributed by atoms with Gasteiger partial charge in [0.1, 0.15) is 0 Å². The third-order valence-electron chi connectivity index (χ3n) is 6.03. The molecule has 32 heavy (non-hydrogen) atoms. The Bertz CT molecular complexity index is 1140. The molecule has 3 heterocycles. The van der Waals surface area contributed by atoms with E-state index >= 15 is 0 Å². The molecule has 0 saturated carbocycles. The highest BCUT2D eigenvalue weighted by atomic mass is 32.1. The predicted octanol–water partition coefficient (Wildman–Crippen LogP) is 4.33. The van der Waals surface area contributed by atoms with Gasteiger partial charge >= 0.3 is 5.97 Å². The van der Waals surface area contributed by atoms with Crippen LogP contribution in [0.1, 0.15) is 46.7 Å². The Labute approximate surface area is 194 Å². The number of pyridine rings is 1. The van der Waals surface area contributed by atoms with Crippen molar-refractivity contribution in [3.8, 4) is 5.69 Å². The largest absolute Gasteiger partial charge is 0.469 e. The van der Waals surface area contributed by atoms with Crippen molar-refractivity contribution in [1.82, 2.24) is 19.8 Å². The average molecular weight is 449 g/mol. The lowest BCUT2D eigenvalue weighted by Gasteiger charge is -2.28. The highest BCUT2D eigenvalue weighted by molar-refractivity contribution is 7.80. The summed E-state index contributed by atoms with van der Waals surface area (Å²) < 4.78 is 7.14. The monoisotopic (exact) mass is 448 g/mol. The van der Waals surface area contributed by atoms with Crippen LogP contribution < -0.4 is 5.32 Å². The molecule has 0 spiro atoms. The van der Waals surface area contributed by atoms with E-state index in [1.54, 1.807) is 6.20 Å². The summed E-state index contributed by atoms with van der Waals surface area (Å²) in [7, 11) is 1.41. The summed E-state index contributed by atoms with van der Waals surface area (Å²) in [5, 5.41) is 4.07. The number of carbonyl (C=O) groups is 1. The van der Waals surface area contributed by atoms with Crippen LogP contribution in [0.4, 0.5) is 0 Å². The van der Waals surface area contributed by atoms with Crippen LogP contribution in [0, 0.1) is 20.8 Å². The van der Waals surface area contributed by atoms with Crippen molar-refractivity contribution in [2.75, 3.05) is 13.7 Å². The van der Waals surface area contributed by atoms with Crippen molar-refractivity contribution < 1.29 is 9.53 Å². The summed E-state index contributed by atoms with van der Waals surface area (Å²) in [6.07, 6.45) is 2.06. The fourth-order valence-electron chi connectivity index (χ4n) is 4.55. The Kier molecular flexibility index (Phi) is 6.28. The first kappa shape index (κ1) is 22.0. The molecule has 1 aliphatic rings. The number of hydrogen-bond donors (Lipinski definition) is 1. The zero-order valence-electron chi connectivity index (χ0n) is 18.8. The summed E-state index contributed by atoms with van der Waals surface area (Å²) in [6.45, 7) is 6.83. The smallest absolute Gasteiger partial charge is 0.307 e. The van der Waals surface area contributed by atoms with Crippen LogP contribution in [-0.4, -0.2) is 39.2 Å². The van der Waals surface area contributed by atoms with Crippen LogP contribution in [0.25, 0.3) is 5.69 Å². The molecule has 1 aliphatic heterocycles. The molecule has 1 N–H and O–H groups in total. The van der Waals surface area contributed by atoms with Gasteiger partial charge in [0.15, 0.2) is 5.11 Å². The molecule has 166 valence electrons. The Hall–Kier alpha value is -3.19. The number of ether oxygens (including phenoxy) is 1. The van der Waals surface area contributed by atoms with E-state index in [9.17, 15) is 4.79 Å². The SMILES string of the molecule is COC(=O)CCN1C(=S)N[C@@H](c2ccccn2)[C@@H]1c1cc(C)n(-c2cccc(C)c2)c1C. The number of nitrogens with zero attached hydrogens (tertiary/aromatic N) is 3. The van der Waals surface area contributed by atoms with E-state index < -0.39 is 0 Å². The predicted molar refractivity (Wildman–Crippen MR) is 129 cm³/mol. The van der Waals surface area contributed by atoms with Gasteiger partial charge in [0, 0.05) is 29.8 Å². The second kappa shape index (κ2) is 9.12. The maximum atomic E-state index is 11.9. The van der Waals surface area contributed by atoms with Crippen molar-refractivity contribution in [3.05, 3.63) is 82.9 Å². The van der Waals surface area contributed by atoms with Crippen molar-refractivity contribution in [2.45, 2.75) is 39.3 Å². The molecule has 4 rings (SSSR count). The van der Waals surface area contributed by atoms with Crippen molar-refractivity contribution in [2.24, 2.45) is 0 Å². The molecule has 1 fully saturated rings. The van der Waals surface area contributed by atoms with Crippen LogP contribution in [0.5, 0.6) is 0 Å². The van der Waals surface area contributed by atoms with Crippen LogP contribution in [0.2, 0.25) is 0 Å². The van der Waals surface area contributed by atoms with E-state index in [1.165, 1.54) is 12.7 Å². The van der Waals surface area contributed by atoms with E-state index in [2.05, 4.69) is 70.9 Å². The lowest BCUT2D eigenvalue weighted by atomic mass is 9.96. The molecule has 1 aromatic carbocycles. The molecule has 2 aromatic heterocycles. The molecule has 0 aliphatic carbocycles. The fraction of sp³-hybridized carbons (Fsp3) is 0.320. The van der Waals surface area contributed by atoms with E-state index in [1.807, 2.05) is 18.2 Å². The molecule has 1 saturated heterocycles. The molecular formula is C25H28N4O2S. The minimum absolute atomic E-state index is 0.0909. The Balaban J connectivity index is 1.80. The highest BCUT2D eigenvalue weighted by Gasteiger charge is 2.41. The fourth-order valence-corrected chi connectivity index (χ4v) is 4.88. The van der Waals surface area contributed by atoms with Gasteiger partial charge in [0.2, 0.25) is 0 Å². The number of thiocarbonyl (C=S) groups is 1. The number of esters is 1. The molecule has 0 bridgehead atoms. The molecule has 2 atom stereocenters. The van der Waals surface area contributed by atoms with E-state index in [0.717, 1.165) is 28.3 Å². The molecule has 0 radical (unpaired) electrons. The first-order valence-electron chi connectivity index (χ1n) is 10.7. The summed E-state index contributed by atoms with van der Waals surface area (Å²) >= 11 is 5.70. The Morgan fingerprint density at radius 3 is 2.66 bits per heavy atom. The maximum Gasteiger partial charge on any atom is 0.307 e. The maximum absolute atomic E-state index is 11.9. The van der Waals surface area contributed by atoms with Gasteiger partial charge in [-0.05, 0) is 74.4 Å². The second-order valence-electron chi connectivity index (χ2n) is 8.15. The van der Waals surface area contributed by atoms with E-state index in [0.29, 0.717) is 11.7 Å². The van der Waals surface area contributed by atoms with Gasteiger partial charge in [-0.3, -0.25) is 9.78 Å². The highest BCUT2D eigenvalue weighted by Crippen LogP contribution is 2.41. The summed E-state index contributed by atoms with van der Waals surface area (Å²) in [5.41, 5.74) is 6.72. The summed E-state index contributed by atoms with van der Waals surface area (Å²) in [6, 6.07) is 16.4. The standard InChI is InChI=1S/C25H28N4O2S/c1-16-8-7-9-19(14-16)29-17(2)15-20(18(29)3)24-23(21-10-5-6-12-26-21)27-25(32)28(24)13-11-22(30)31-4/h5-10,12,14-15,23-24H,11,13H2,1-4H3,(H,27,32)/t23-,24-/m0/s1. The normalized spacial score (nSPS) is 18.0. The van der Waals surface area contributed by atoms with Crippen molar-refractivity contribution >= 4 is 23.3 Å². The quantitative estimate of drug-likeness (QED) is 0.447. The van der Waals surface area contributed by atoms with Crippen LogP contribution in [0.3, 0.4) is 0 Å². The minimum Gasteiger partial charge on any atom is -0.469 e. The van der Waals surface area contributed by atoms with Gasteiger partial charge in [-0.2, -0.15) is 0 Å². The average Bonchev–Trinajstić information content (AvgIpc) is 3.27. The van der Waals surface area contributed by atoms with Gasteiger partial charge < -0.3 is 19.5 Å². The van der Waals surface area contributed by atoms with Crippen LogP contribution >= 0.6 is 12.2 Å². The van der Waals surface area contributed by atoms with E-state index in [-0.39, 0.29) is 24.5 Å². The number of methoxy groups -OCH3 is 1. The van der Waals surface area contributed by atoms with E-state index in [4.69, 9.17) is 17.0 Å². The molecular weight excluding hydrogens is 420 g/mol. The summed E-state index contributed by atoms with van der Waals surface area (Å²) in [5.74, 6) is -0.252. The number of benzene rings is 1. The molecule has 3 aromatic rings. The molecule has 7 heteroatoms. The topological polar surface area (TPSA) is 59.4 Å². The van der Waals surface area contributed by atoms with Crippen molar-refractivity contribution in [1.29, 1.82) is 0 Å². The molecule has 6 nitrogen and oxygen atoms in total. The molecule has 0 unspecified atom stereocenters. The third kappa shape index (κ3) is 4.12. The lowest BCUT2D eigenvalue weighted by molar-refractivity contribution is -0.140. The zero-order valence-corrected chi connectivity index (χ0v) is 19.6. The number of hydrogen-bond acceptors (Lipinski definition) is 4. The van der Waals surface area contributed by atoms with Gasteiger partial charge in [0.05, 0.1) is 31.3 Å². The number of aryl methyl sites for hydroxylation is 2. The van der Waals surface area contributed by atoms with Crippen molar-refractivity contribution in [3.63, 3.8) is 0 Å². The van der Waals surface area contributed by atoms with Crippen LogP contribution in [0.15, 0.2) is 54.7 Å². The minimum atomic E-state index is -0.252. The molecule has 0 amide bonds. The van der Waals surface area contributed by atoms with Gasteiger partial charge in [0.25, 0.3) is 0 Å². The first-order valence-corrected chi connectivity index (χ1v) is 11.1. The lowest BCUT2D eigenvalue weighted by Crippen LogP contribution is -2.32. The van der Waals surface area contributed by atoms with Gasteiger partial charge in [-0.15, -0.1) is 0 Å². The third-order valence-corrected chi connectivity index (χ3v) is 6.38. The second-order valence-corrected chi connectivity index (χ2v) is 8.53. The van der Waals surface area contributed by atoms with Crippen LogP contribution in [-0.2, 0) is 9.53 Å². The Morgan fingerprint density at radius 2 is 1.97 bits per heavy atom. The number of nitrogens with one attached hydrogen (secondary N) is 1.